The summed E-state index contributed by atoms with van der Waals surface area (Å²) in [6, 6.07) is 17.6. The summed E-state index contributed by atoms with van der Waals surface area (Å²) < 4.78 is 16.4. The molecule has 0 bridgehead atoms. The van der Waals surface area contributed by atoms with Crippen molar-refractivity contribution in [1.82, 2.24) is 4.98 Å². The predicted octanol–water partition coefficient (Wildman–Crippen LogP) is 4.34. The third-order valence-electron chi connectivity index (χ3n) is 3.66. The molecule has 0 unspecified atom stereocenters. The molecule has 24 heavy (non-hydrogen) atoms. The van der Waals surface area contributed by atoms with E-state index in [-0.39, 0.29) is 0 Å². The summed E-state index contributed by atoms with van der Waals surface area (Å²) in [4.78, 5) is 4.32. The molecule has 0 saturated heterocycles. The highest BCUT2D eigenvalue weighted by molar-refractivity contribution is 5.67. The summed E-state index contributed by atoms with van der Waals surface area (Å²) in [6.45, 7) is 0.470. The van der Waals surface area contributed by atoms with Crippen LogP contribution in [0, 0.1) is 0 Å². The summed E-state index contributed by atoms with van der Waals surface area (Å²) in [5, 5.41) is 0. The molecule has 4 nitrogen and oxygen atoms in total. The van der Waals surface area contributed by atoms with Crippen molar-refractivity contribution in [1.29, 1.82) is 0 Å². The number of rotatable bonds is 6. The number of pyridine rings is 1. The van der Waals surface area contributed by atoms with Gasteiger partial charge in [-0.1, -0.05) is 24.3 Å². The summed E-state index contributed by atoms with van der Waals surface area (Å²) in [5.41, 5.74) is 3.03. The van der Waals surface area contributed by atoms with E-state index in [1.165, 1.54) is 0 Å². The number of aromatic nitrogens is 1. The summed E-state index contributed by atoms with van der Waals surface area (Å²) in [6.07, 6.45) is 3.64. The summed E-state index contributed by atoms with van der Waals surface area (Å²) in [5.74, 6) is 2.24. The van der Waals surface area contributed by atoms with Gasteiger partial charge in [-0.2, -0.15) is 0 Å². The average molecular weight is 321 g/mol. The first-order chi connectivity index (χ1) is 11.8. The van der Waals surface area contributed by atoms with Crippen molar-refractivity contribution in [2.45, 2.75) is 6.61 Å². The molecule has 0 fully saturated rings. The van der Waals surface area contributed by atoms with Gasteiger partial charge in [-0.05, 0) is 35.9 Å². The molecule has 0 spiro atoms. The van der Waals surface area contributed by atoms with Gasteiger partial charge in [-0.25, -0.2) is 0 Å². The molecule has 2 aromatic carbocycles. The van der Waals surface area contributed by atoms with Crippen LogP contribution in [0.1, 0.15) is 5.56 Å². The lowest BCUT2D eigenvalue weighted by Gasteiger charge is -2.11. The second-order valence-electron chi connectivity index (χ2n) is 5.25. The monoisotopic (exact) mass is 321 g/mol. The number of hydrogen-bond acceptors (Lipinski definition) is 4. The van der Waals surface area contributed by atoms with Gasteiger partial charge in [-0.3, -0.25) is 4.98 Å². The third kappa shape index (κ3) is 3.66. The summed E-state index contributed by atoms with van der Waals surface area (Å²) >= 11 is 0. The lowest BCUT2D eigenvalue weighted by atomic mass is 10.1. The average Bonchev–Trinajstić information content (AvgIpc) is 2.67. The lowest BCUT2D eigenvalue weighted by Crippen LogP contribution is -1.97. The fourth-order valence-corrected chi connectivity index (χ4v) is 2.42. The number of benzene rings is 2. The largest absolute Gasteiger partial charge is 0.493 e. The molecule has 0 aliphatic carbocycles. The molecule has 1 aromatic heterocycles. The minimum atomic E-state index is 0.470. The standard InChI is InChI=1S/C20H19NO3/c1-22-19-9-8-16(11-20(19)23-2)17-10-15(12-21-13-17)14-24-18-6-4-3-5-7-18/h3-13H,14H2,1-2H3. The van der Waals surface area contributed by atoms with Crippen LogP contribution in [-0.4, -0.2) is 19.2 Å². The fourth-order valence-electron chi connectivity index (χ4n) is 2.42. The van der Waals surface area contributed by atoms with Gasteiger partial charge in [0.15, 0.2) is 11.5 Å². The van der Waals surface area contributed by atoms with Gasteiger partial charge < -0.3 is 14.2 Å². The van der Waals surface area contributed by atoms with Gasteiger partial charge in [0.05, 0.1) is 14.2 Å². The van der Waals surface area contributed by atoms with E-state index in [9.17, 15) is 0 Å². The Morgan fingerprint density at radius 3 is 2.33 bits per heavy atom. The third-order valence-corrected chi connectivity index (χ3v) is 3.66. The number of ether oxygens (including phenoxy) is 3. The van der Waals surface area contributed by atoms with Gasteiger partial charge in [0.25, 0.3) is 0 Å². The van der Waals surface area contributed by atoms with Gasteiger partial charge >= 0.3 is 0 Å². The van der Waals surface area contributed by atoms with Crippen LogP contribution < -0.4 is 14.2 Å². The number of hydrogen-bond donors (Lipinski definition) is 0. The molecule has 0 N–H and O–H groups in total. The van der Waals surface area contributed by atoms with E-state index in [0.717, 1.165) is 22.4 Å². The normalized spacial score (nSPS) is 10.2. The molecule has 1 heterocycles. The van der Waals surface area contributed by atoms with Crippen molar-refractivity contribution in [3.05, 3.63) is 72.6 Å². The molecule has 0 aliphatic heterocycles. The van der Waals surface area contributed by atoms with Crippen molar-refractivity contribution in [2.24, 2.45) is 0 Å². The molecule has 4 heteroatoms. The second kappa shape index (κ2) is 7.51. The SMILES string of the molecule is COc1ccc(-c2cncc(COc3ccccc3)c2)cc1OC. The quantitative estimate of drug-likeness (QED) is 0.677. The van der Waals surface area contributed by atoms with Crippen molar-refractivity contribution in [2.75, 3.05) is 14.2 Å². The van der Waals surface area contributed by atoms with Crippen LogP contribution in [0.4, 0.5) is 0 Å². The Morgan fingerprint density at radius 2 is 1.58 bits per heavy atom. The fraction of sp³-hybridized carbons (Fsp3) is 0.150. The Kier molecular flexibility index (Phi) is 4.96. The van der Waals surface area contributed by atoms with E-state index in [4.69, 9.17) is 14.2 Å². The minimum absolute atomic E-state index is 0.470. The Balaban J connectivity index is 1.80. The topological polar surface area (TPSA) is 40.6 Å². The van der Waals surface area contributed by atoms with Gasteiger partial charge in [0, 0.05) is 23.5 Å². The summed E-state index contributed by atoms with van der Waals surface area (Å²) in [7, 11) is 3.25. The van der Waals surface area contributed by atoms with Crippen LogP contribution >= 0.6 is 0 Å². The predicted molar refractivity (Wildman–Crippen MR) is 93.6 cm³/mol. The highest BCUT2D eigenvalue weighted by Gasteiger charge is 2.07. The first-order valence-corrected chi connectivity index (χ1v) is 7.64. The number of nitrogens with zero attached hydrogens (tertiary/aromatic N) is 1. The van der Waals surface area contributed by atoms with Crippen LogP contribution in [-0.2, 0) is 6.61 Å². The van der Waals surface area contributed by atoms with E-state index in [2.05, 4.69) is 11.1 Å². The Hall–Kier alpha value is -3.01. The van der Waals surface area contributed by atoms with E-state index in [0.29, 0.717) is 18.1 Å². The van der Waals surface area contributed by atoms with Crippen LogP contribution in [0.25, 0.3) is 11.1 Å². The van der Waals surface area contributed by atoms with Crippen LogP contribution in [0.3, 0.4) is 0 Å². The molecule has 0 amide bonds. The zero-order chi connectivity index (χ0) is 16.8. The zero-order valence-electron chi connectivity index (χ0n) is 13.7. The smallest absolute Gasteiger partial charge is 0.161 e. The van der Waals surface area contributed by atoms with Crippen LogP contribution in [0.5, 0.6) is 17.2 Å². The molecule has 0 aliphatic rings. The van der Waals surface area contributed by atoms with E-state index >= 15 is 0 Å². The zero-order valence-corrected chi connectivity index (χ0v) is 13.7. The maximum Gasteiger partial charge on any atom is 0.161 e. The molecule has 122 valence electrons. The first kappa shape index (κ1) is 15.9. The van der Waals surface area contributed by atoms with Gasteiger partial charge in [-0.15, -0.1) is 0 Å². The number of para-hydroxylation sites is 1. The number of methoxy groups -OCH3 is 2. The van der Waals surface area contributed by atoms with Gasteiger partial charge in [0.2, 0.25) is 0 Å². The Labute approximate surface area is 141 Å². The first-order valence-electron chi connectivity index (χ1n) is 7.64. The second-order valence-corrected chi connectivity index (χ2v) is 5.25. The van der Waals surface area contributed by atoms with E-state index in [1.54, 1.807) is 14.2 Å². The maximum absolute atomic E-state index is 5.78. The van der Waals surface area contributed by atoms with Crippen molar-refractivity contribution in [3.63, 3.8) is 0 Å². The molecule has 3 rings (SSSR count). The minimum Gasteiger partial charge on any atom is -0.493 e. The highest BCUT2D eigenvalue weighted by atomic mass is 16.5. The van der Waals surface area contributed by atoms with E-state index < -0.39 is 0 Å². The van der Waals surface area contributed by atoms with Crippen LogP contribution in [0.15, 0.2) is 67.0 Å². The highest BCUT2D eigenvalue weighted by Crippen LogP contribution is 2.32. The molecule has 0 atom stereocenters. The maximum atomic E-state index is 5.78. The van der Waals surface area contributed by atoms with Gasteiger partial charge in [0.1, 0.15) is 12.4 Å². The van der Waals surface area contributed by atoms with Crippen molar-refractivity contribution >= 4 is 0 Å². The van der Waals surface area contributed by atoms with Crippen molar-refractivity contribution < 1.29 is 14.2 Å². The van der Waals surface area contributed by atoms with Crippen LogP contribution in [0.2, 0.25) is 0 Å². The van der Waals surface area contributed by atoms with E-state index in [1.807, 2.05) is 60.9 Å². The molecule has 3 aromatic rings. The Bertz CT molecular complexity index is 803. The lowest BCUT2D eigenvalue weighted by molar-refractivity contribution is 0.306. The van der Waals surface area contributed by atoms with Crippen molar-refractivity contribution in [3.8, 4) is 28.4 Å². The molecule has 0 radical (unpaired) electrons. The Morgan fingerprint density at radius 1 is 0.792 bits per heavy atom. The molecular weight excluding hydrogens is 302 g/mol. The molecular formula is C20H19NO3. The molecule has 0 saturated carbocycles.